The number of anilines is 2. The van der Waals surface area contributed by atoms with Gasteiger partial charge in [0.25, 0.3) is 5.91 Å². The third-order valence-electron chi connectivity index (χ3n) is 3.95. The zero-order chi connectivity index (χ0) is 20.8. The molecule has 0 saturated heterocycles. The maximum Gasteiger partial charge on any atom is 0.338 e. The van der Waals surface area contributed by atoms with Crippen molar-refractivity contribution >= 4 is 28.9 Å². The van der Waals surface area contributed by atoms with Crippen LogP contribution in [-0.4, -0.2) is 44.6 Å². The van der Waals surface area contributed by atoms with E-state index < -0.39 is 23.4 Å². The minimum Gasteiger partial charge on any atom is -0.490 e. The molecule has 0 aromatic heterocycles. The van der Waals surface area contributed by atoms with E-state index in [1.54, 1.807) is 31.2 Å². The first kappa shape index (κ1) is 20.7. The van der Waals surface area contributed by atoms with Gasteiger partial charge in [0.15, 0.2) is 12.4 Å². The highest BCUT2D eigenvalue weighted by atomic mass is 16.6. The normalized spacial score (nSPS) is 10.1. The monoisotopic (exact) mass is 387 g/mol. The Morgan fingerprint density at radius 3 is 2.36 bits per heavy atom. The number of nitrogens with one attached hydrogen (secondary N) is 1. The number of nitro groups is 1. The van der Waals surface area contributed by atoms with E-state index in [9.17, 15) is 19.7 Å². The van der Waals surface area contributed by atoms with Crippen molar-refractivity contribution in [1.82, 2.24) is 0 Å². The molecule has 0 atom stereocenters. The lowest BCUT2D eigenvalue weighted by Gasteiger charge is -2.13. The highest BCUT2D eigenvalue weighted by molar-refractivity contribution is 5.96. The van der Waals surface area contributed by atoms with Gasteiger partial charge in [-0.2, -0.15) is 0 Å². The summed E-state index contributed by atoms with van der Waals surface area (Å²) in [4.78, 5) is 36.5. The fourth-order valence-electron chi connectivity index (χ4n) is 2.41. The second-order valence-electron chi connectivity index (χ2n) is 6.16. The number of carbonyl (C=O) groups is 2. The Kier molecular flexibility index (Phi) is 6.54. The van der Waals surface area contributed by atoms with E-state index in [2.05, 4.69) is 5.32 Å². The molecule has 0 aliphatic carbocycles. The Labute approximate surface area is 162 Å². The van der Waals surface area contributed by atoms with Gasteiger partial charge in [0, 0.05) is 37.6 Å². The van der Waals surface area contributed by atoms with Crippen LogP contribution >= 0.6 is 0 Å². The fraction of sp³-hybridized carbons (Fsp3) is 0.263. The van der Waals surface area contributed by atoms with Crippen LogP contribution in [0.15, 0.2) is 36.4 Å². The molecule has 0 heterocycles. The molecular weight excluding hydrogens is 366 g/mol. The largest absolute Gasteiger partial charge is 0.490 e. The Morgan fingerprint density at radius 1 is 1.18 bits per heavy atom. The first-order chi connectivity index (χ1) is 13.2. The van der Waals surface area contributed by atoms with Crippen LogP contribution in [0.3, 0.4) is 0 Å². The predicted octanol–water partition coefficient (Wildman–Crippen LogP) is 2.77. The summed E-state index contributed by atoms with van der Waals surface area (Å²) < 4.78 is 10.0. The number of rotatable bonds is 7. The van der Waals surface area contributed by atoms with E-state index >= 15 is 0 Å². The third kappa shape index (κ3) is 4.97. The standard InChI is InChI=1S/C19H21N3O6/c1-12-9-16(22(25)26)17(27-4)10-15(12)20-18(23)11-28-19(24)13-5-7-14(8-6-13)21(2)3/h5-10H,11H2,1-4H3,(H,20,23). The Bertz CT molecular complexity index is 893. The third-order valence-corrected chi connectivity index (χ3v) is 3.95. The molecule has 28 heavy (non-hydrogen) atoms. The average molecular weight is 387 g/mol. The van der Waals surface area contributed by atoms with Gasteiger partial charge < -0.3 is 19.7 Å². The second-order valence-corrected chi connectivity index (χ2v) is 6.16. The van der Waals surface area contributed by atoms with Gasteiger partial charge >= 0.3 is 11.7 Å². The van der Waals surface area contributed by atoms with Gasteiger partial charge in [0.1, 0.15) is 0 Å². The maximum atomic E-state index is 12.1. The van der Waals surface area contributed by atoms with Gasteiger partial charge in [0.05, 0.1) is 17.6 Å². The molecule has 0 radical (unpaired) electrons. The predicted molar refractivity (Wildman–Crippen MR) is 104 cm³/mol. The molecular formula is C19H21N3O6. The Hall–Kier alpha value is -3.62. The van der Waals surface area contributed by atoms with Crippen LogP contribution in [0.5, 0.6) is 5.75 Å². The first-order valence-corrected chi connectivity index (χ1v) is 8.30. The van der Waals surface area contributed by atoms with Crippen molar-refractivity contribution in [3.63, 3.8) is 0 Å². The summed E-state index contributed by atoms with van der Waals surface area (Å²) in [6.07, 6.45) is 0. The number of esters is 1. The molecule has 2 aromatic rings. The summed E-state index contributed by atoms with van der Waals surface area (Å²) in [6, 6.07) is 9.41. The number of carbonyl (C=O) groups excluding carboxylic acids is 2. The minimum atomic E-state index is -0.626. The number of ether oxygens (including phenoxy) is 2. The Morgan fingerprint density at radius 2 is 1.82 bits per heavy atom. The molecule has 2 rings (SSSR count). The number of amides is 1. The molecule has 0 saturated carbocycles. The topological polar surface area (TPSA) is 111 Å². The molecule has 0 aliphatic rings. The fourth-order valence-corrected chi connectivity index (χ4v) is 2.41. The van der Waals surface area contributed by atoms with Crippen molar-refractivity contribution in [1.29, 1.82) is 0 Å². The van der Waals surface area contributed by atoms with E-state index in [4.69, 9.17) is 9.47 Å². The smallest absolute Gasteiger partial charge is 0.338 e. The van der Waals surface area contributed by atoms with Crippen molar-refractivity contribution in [2.24, 2.45) is 0 Å². The summed E-state index contributed by atoms with van der Waals surface area (Å²) >= 11 is 0. The number of nitrogens with zero attached hydrogens (tertiary/aromatic N) is 2. The van der Waals surface area contributed by atoms with Crippen molar-refractivity contribution < 1.29 is 24.0 Å². The van der Waals surface area contributed by atoms with E-state index in [-0.39, 0.29) is 11.4 Å². The lowest BCUT2D eigenvalue weighted by atomic mass is 10.1. The van der Waals surface area contributed by atoms with E-state index in [1.807, 2.05) is 19.0 Å². The number of benzene rings is 2. The van der Waals surface area contributed by atoms with Gasteiger partial charge in [-0.1, -0.05) is 0 Å². The van der Waals surface area contributed by atoms with Gasteiger partial charge in [0.2, 0.25) is 0 Å². The molecule has 2 aromatic carbocycles. The van der Waals surface area contributed by atoms with Crippen molar-refractivity contribution in [3.05, 3.63) is 57.6 Å². The average Bonchev–Trinajstić information content (AvgIpc) is 2.67. The molecule has 1 N–H and O–H groups in total. The van der Waals surface area contributed by atoms with E-state index in [1.165, 1.54) is 19.2 Å². The minimum absolute atomic E-state index is 0.0175. The zero-order valence-corrected chi connectivity index (χ0v) is 16.0. The summed E-state index contributed by atoms with van der Waals surface area (Å²) in [5, 5.41) is 13.6. The highest BCUT2D eigenvalue weighted by Crippen LogP contribution is 2.32. The number of aryl methyl sites for hydroxylation is 1. The summed E-state index contributed by atoms with van der Waals surface area (Å²) in [5.74, 6) is -1.18. The highest BCUT2D eigenvalue weighted by Gasteiger charge is 2.19. The van der Waals surface area contributed by atoms with Gasteiger partial charge in [-0.25, -0.2) is 4.79 Å². The van der Waals surface area contributed by atoms with Crippen LogP contribution in [0.1, 0.15) is 15.9 Å². The maximum absolute atomic E-state index is 12.1. The lowest BCUT2D eigenvalue weighted by molar-refractivity contribution is -0.385. The van der Waals surface area contributed by atoms with Gasteiger partial charge in [-0.05, 0) is 36.8 Å². The number of hydrogen-bond acceptors (Lipinski definition) is 7. The van der Waals surface area contributed by atoms with Crippen LogP contribution in [0.2, 0.25) is 0 Å². The molecule has 9 heteroatoms. The molecule has 0 bridgehead atoms. The number of methoxy groups -OCH3 is 1. The van der Waals surface area contributed by atoms with Crippen molar-refractivity contribution in [2.75, 3.05) is 38.0 Å². The number of nitro benzene ring substituents is 1. The molecule has 0 aliphatic heterocycles. The number of hydrogen-bond donors (Lipinski definition) is 1. The summed E-state index contributed by atoms with van der Waals surface area (Å²) in [5.41, 5.74) is 1.86. The first-order valence-electron chi connectivity index (χ1n) is 8.30. The molecule has 148 valence electrons. The zero-order valence-electron chi connectivity index (χ0n) is 16.0. The SMILES string of the molecule is COc1cc(NC(=O)COC(=O)c2ccc(N(C)C)cc2)c(C)cc1[N+](=O)[O-]. The van der Waals surface area contributed by atoms with Crippen LogP contribution in [0.4, 0.5) is 17.1 Å². The molecule has 9 nitrogen and oxygen atoms in total. The lowest BCUT2D eigenvalue weighted by Crippen LogP contribution is -2.21. The molecule has 0 fully saturated rings. The summed E-state index contributed by atoms with van der Waals surface area (Å²) in [7, 11) is 5.06. The van der Waals surface area contributed by atoms with Crippen LogP contribution in [0, 0.1) is 17.0 Å². The molecule has 0 unspecified atom stereocenters. The quantitative estimate of drug-likeness (QED) is 0.442. The van der Waals surface area contributed by atoms with Crippen LogP contribution in [-0.2, 0) is 9.53 Å². The van der Waals surface area contributed by atoms with Gasteiger partial charge in [-0.15, -0.1) is 0 Å². The molecule has 0 spiro atoms. The summed E-state index contributed by atoms with van der Waals surface area (Å²) in [6.45, 7) is 1.12. The van der Waals surface area contributed by atoms with E-state index in [0.717, 1.165) is 5.69 Å². The van der Waals surface area contributed by atoms with Gasteiger partial charge in [-0.3, -0.25) is 14.9 Å². The van der Waals surface area contributed by atoms with Crippen molar-refractivity contribution in [2.45, 2.75) is 6.92 Å². The van der Waals surface area contributed by atoms with Crippen LogP contribution < -0.4 is 15.0 Å². The van der Waals surface area contributed by atoms with E-state index in [0.29, 0.717) is 16.8 Å². The second kappa shape index (κ2) is 8.85. The van der Waals surface area contributed by atoms with Crippen molar-refractivity contribution in [3.8, 4) is 5.75 Å². The Balaban J connectivity index is 2.00. The van der Waals surface area contributed by atoms with Crippen LogP contribution in [0.25, 0.3) is 0 Å². The molecule has 1 amide bonds.